The summed E-state index contributed by atoms with van der Waals surface area (Å²) in [6.07, 6.45) is 1.55. The zero-order valence-electron chi connectivity index (χ0n) is 21.0. The maximum atomic E-state index is 12.3. The van der Waals surface area contributed by atoms with Gasteiger partial charge < -0.3 is 13.6 Å². The quantitative estimate of drug-likeness (QED) is 0.594. The highest BCUT2D eigenvalue weighted by molar-refractivity contribution is 6.74. The molecular formula is C22H42N2O5Si2. The lowest BCUT2D eigenvalue weighted by Crippen LogP contribution is -2.45. The highest BCUT2D eigenvalue weighted by Crippen LogP contribution is 2.41. The molecule has 7 nitrogen and oxygen atoms in total. The molecule has 0 radical (unpaired) electrons. The smallest absolute Gasteiger partial charge is 0.330 e. The van der Waals surface area contributed by atoms with Crippen molar-refractivity contribution in [1.29, 1.82) is 0 Å². The summed E-state index contributed by atoms with van der Waals surface area (Å²) in [5.41, 5.74) is -0.859. The standard InChI is InChI=1S/C22H42N2O5Si2/c1-21(2,3)30(7,8)27-14-16-13-19(24-12-11-18(25)23-20(24)26)29-17(16)15-28-31(9,10)22(4,5)6/h11-12,16-17,19H,13-15H2,1-10H3,(H,23,25,26)/t16-,17-,19?/m1/s1. The maximum Gasteiger partial charge on any atom is 0.330 e. The van der Waals surface area contributed by atoms with Gasteiger partial charge in [0.25, 0.3) is 5.56 Å². The van der Waals surface area contributed by atoms with Gasteiger partial charge in [0.05, 0.1) is 12.7 Å². The first-order valence-corrected chi connectivity index (χ1v) is 17.0. The molecule has 0 amide bonds. The van der Waals surface area contributed by atoms with E-state index in [0.717, 1.165) is 0 Å². The summed E-state index contributed by atoms with van der Waals surface area (Å²) in [5.74, 6) is 0.114. The fraction of sp³-hybridized carbons (Fsp3) is 0.818. The molecule has 1 aromatic rings. The average molecular weight is 471 g/mol. The Bertz CT molecular complexity index is 826. The van der Waals surface area contributed by atoms with Crippen molar-refractivity contribution in [3.63, 3.8) is 0 Å². The first-order chi connectivity index (χ1) is 13.9. The van der Waals surface area contributed by atoms with Crippen LogP contribution in [0.15, 0.2) is 21.9 Å². The third kappa shape index (κ3) is 6.28. The molecule has 1 fully saturated rings. The Kier molecular flexibility index (Phi) is 7.70. The van der Waals surface area contributed by atoms with Crippen molar-refractivity contribution in [2.24, 2.45) is 5.92 Å². The molecule has 0 spiro atoms. The Morgan fingerprint density at radius 1 is 1.00 bits per heavy atom. The zero-order chi connectivity index (χ0) is 23.8. The van der Waals surface area contributed by atoms with E-state index in [-0.39, 0.29) is 22.1 Å². The van der Waals surface area contributed by atoms with Gasteiger partial charge in [-0.3, -0.25) is 14.3 Å². The van der Waals surface area contributed by atoms with Gasteiger partial charge in [0.1, 0.15) is 6.23 Å². The van der Waals surface area contributed by atoms with Crippen molar-refractivity contribution < 1.29 is 13.6 Å². The SMILES string of the molecule is CC(C)(C)[Si](C)(C)OC[C@H]1CC(n2ccc(=O)[nH]c2=O)O[C@@H]1CO[Si](C)(C)C(C)(C)C. The molecule has 0 saturated carbocycles. The predicted octanol–water partition coefficient (Wildman–Crippen LogP) is 4.48. The molecular weight excluding hydrogens is 428 g/mol. The van der Waals surface area contributed by atoms with Crippen LogP contribution in [0.1, 0.15) is 54.2 Å². The Labute approximate surface area is 188 Å². The molecule has 178 valence electrons. The molecule has 1 aliphatic heterocycles. The predicted molar refractivity (Wildman–Crippen MR) is 130 cm³/mol. The molecule has 2 rings (SSSR count). The van der Waals surface area contributed by atoms with Crippen molar-refractivity contribution in [3.05, 3.63) is 33.1 Å². The van der Waals surface area contributed by atoms with Crippen LogP contribution in [0.4, 0.5) is 0 Å². The minimum atomic E-state index is -1.94. The molecule has 31 heavy (non-hydrogen) atoms. The van der Waals surface area contributed by atoms with E-state index in [1.165, 1.54) is 16.8 Å². The molecule has 0 aromatic carbocycles. The number of nitrogens with zero attached hydrogens (tertiary/aromatic N) is 1. The largest absolute Gasteiger partial charge is 0.416 e. The number of H-pyrrole nitrogens is 1. The van der Waals surface area contributed by atoms with Crippen LogP contribution in [-0.4, -0.2) is 45.5 Å². The van der Waals surface area contributed by atoms with Crippen LogP contribution in [0.3, 0.4) is 0 Å². The molecule has 1 aromatic heterocycles. The minimum absolute atomic E-state index is 0.105. The van der Waals surface area contributed by atoms with Gasteiger partial charge in [-0.05, 0) is 36.3 Å². The number of aromatic amines is 1. The highest BCUT2D eigenvalue weighted by atomic mass is 28.4. The van der Waals surface area contributed by atoms with Gasteiger partial charge in [0.2, 0.25) is 0 Å². The Morgan fingerprint density at radius 3 is 2.00 bits per heavy atom. The van der Waals surface area contributed by atoms with E-state index < -0.39 is 34.1 Å². The summed E-state index contributed by atoms with van der Waals surface area (Å²) < 4.78 is 20.8. The first-order valence-electron chi connectivity index (χ1n) is 11.2. The average Bonchev–Trinajstić information content (AvgIpc) is 2.99. The number of rotatable bonds is 7. The van der Waals surface area contributed by atoms with Crippen LogP contribution < -0.4 is 11.2 Å². The molecule has 2 heterocycles. The second-order valence-corrected chi connectivity index (χ2v) is 21.4. The van der Waals surface area contributed by atoms with E-state index in [1.54, 1.807) is 0 Å². The maximum absolute atomic E-state index is 12.3. The third-order valence-corrected chi connectivity index (χ3v) is 16.4. The molecule has 0 bridgehead atoms. The summed E-state index contributed by atoms with van der Waals surface area (Å²) in [6, 6.07) is 1.35. The second-order valence-electron chi connectivity index (χ2n) is 11.8. The zero-order valence-corrected chi connectivity index (χ0v) is 23.0. The van der Waals surface area contributed by atoms with Crippen LogP contribution in [0.5, 0.6) is 0 Å². The summed E-state index contributed by atoms with van der Waals surface area (Å²) in [5, 5.41) is 0.225. The van der Waals surface area contributed by atoms with Gasteiger partial charge in [-0.25, -0.2) is 4.79 Å². The van der Waals surface area contributed by atoms with E-state index in [4.69, 9.17) is 13.6 Å². The Balaban J connectivity index is 2.21. The first kappa shape index (κ1) is 26.2. The minimum Gasteiger partial charge on any atom is -0.416 e. The van der Waals surface area contributed by atoms with Crippen LogP contribution in [-0.2, 0) is 13.6 Å². The van der Waals surface area contributed by atoms with E-state index in [0.29, 0.717) is 19.6 Å². The van der Waals surface area contributed by atoms with Gasteiger partial charge in [0.15, 0.2) is 16.6 Å². The Morgan fingerprint density at radius 2 is 1.52 bits per heavy atom. The Hall–Kier alpha value is -1.01. The fourth-order valence-corrected chi connectivity index (χ4v) is 5.08. The van der Waals surface area contributed by atoms with E-state index >= 15 is 0 Å². The molecule has 9 heteroatoms. The van der Waals surface area contributed by atoms with Crippen molar-refractivity contribution in [3.8, 4) is 0 Å². The molecule has 0 aliphatic carbocycles. The number of hydrogen-bond acceptors (Lipinski definition) is 5. The lowest BCUT2D eigenvalue weighted by molar-refractivity contribution is -0.0335. The van der Waals surface area contributed by atoms with E-state index in [2.05, 4.69) is 72.7 Å². The molecule has 1 aliphatic rings. The molecule has 3 atom stereocenters. The second kappa shape index (κ2) is 9.09. The summed E-state index contributed by atoms with van der Waals surface area (Å²) >= 11 is 0. The van der Waals surface area contributed by atoms with Crippen molar-refractivity contribution in [1.82, 2.24) is 9.55 Å². The monoisotopic (exact) mass is 470 g/mol. The van der Waals surface area contributed by atoms with Crippen LogP contribution >= 0.6 is 0 Å². The van der Waals surface area contributed by atoms with Crippen LogP contribution in [0, 0.1) is 5.92 Å². The van der Waals surface area contributed by atoms with Crippen LogP contribution in [0.25, 0.3) is 0 Å². The van der Waals surface area contributed by atoms with Gasteiger partial charge in [-0.15, -0.1) is 0 Å². The van der Waals surface area contributed by atoms with Gasteiger partial charge in [-0.2, -0.15) is 0 Å². The summed E-state index contributed by atoms with van der Waals surface area (Å²) in [4.78, 5) is 26.1. The van der Waals surface area contributed by atoms with Gasteiger partial charge in [-0.1, -0.05) is 41.5 Å². The lowest BCUT2D eigenvalue weighted by atomic mass is 10.0. The van der Waals surface area contributed by atoms with Crippen molar-refractivity contribution >= 4 is 16.6 Å². The lowest BCUT2D eigenvalue weighted by Gasteiger charge is -2.38. The molecule has 1 saturated heterocycles. The number of nitrogens with one attached hydrogen (secondary N) is 1. The third-order valence-electron chi connectivity index (χ3n) is 7.40. The number of hydrogen-bond donors (Lipinski definition) is 1. The summed E-state index contributed by atoms with van der Waals surface area (Å²) in [7, 11) is -3.85. The van der Waals surface area contributed by atoms with Gasteiger partial charge in [0, 0.05) is 31.2 Å². The van der Waals surface area contributed by atoms with Crippen LogP contribution in [0.2, 0.25) is 36.3 Å². The summed E-state index contributed by atoms with van der Waals surface area (Å²) in [6.45, 7) is 23.3. The fourth-order valence-electron chi connectivity index (χ4n) is 3.00. The number of ether oxygens (including phenoxy) is 1. The van der Waals surface area contributed by atoms with Gasteiger partial charge >= 0.3 is 5.69 Å². The van der Waals surface area contributed by atoms with E-state index in [9.17, 15) is 9.59 Å². The van der Waals surface area contributed by atoms with Crippen molar-refractivity contribution in [2.75, 3.05) is 13.2 Å². The topological polar surface area (TPSA) is 82.6 Å². The number of aromatic nitrogens is 2. The normalized spacial score (nSPS) is 23.4. The molecule has 1 N–H and O–H groups in total. The highest BCUT2D eigenvalue weighted by Gasteiger charge is 2.43. The van der Waals surface area contributed by atoms with E-state index in [1.807, 2.05) is 0 Å². The molecule has 1 unspecified atom stereocenters. The van der Waals surface area contributed by atoms with Crippen molar-refractivity contribution in [2.45, 2.75) is 96.6 Å².